The third kappa shape index (κ3) is 7.76. The van der Waals surface area contributed by atoms with Crippen molar-refractivity contribution < 1.29 is 19.8 Å². The largest absolute Gasteiger partial charge is 0.480 e. The van der Waals surface area contributed by atoms with Gasteiger partial charge in [-0.25, -0.2) is 9.97 Å². The Kier molecular flexibility index (Phi) is 10.4. The number of aromatic nitrogens is 2. The molecule has 0 fully saturated rings. The van der Waals surface area contributed by atoms with Crippen LogP contribution in [0.5, 0.6) is 0 Å². The van der Waals surface area contributed by atoms with Gasteiger partial charge in [-0.2, -0.15) is 0 Å². The first-order valence-electron chi connectivity index (χ1n) is 15.9. The molecule has 5 aromatic rings. The van der Waals surface area contributed by atoms with Gasteiger partial charge in [-0.05, 0) is 47.9 Å². The van der Waals surface area contributed by atoms with Crippen LogP contribution in [0.2, 0.25) is 0 Å². The van der Waals surface area contributed by atoms with Crippen LogP contribution in [0, 0.1) is 11.8 Å². The molecule has 238 valence electrons. The SMILES string of the molecule is CC(C)C[C@H](NCc1ccccc1-c1ccc2ccc3ccc(-c4ccccc4CN[C@@H](CC(C)C)C(=O)O)nc3c2n1)C(=O)O. The number of nitrogens with zero attached hydrogens (tertiary/aromatic N) is 2. The van der Waals surface area contributed by atoms with E-state index in [-0.39, 0.29) is 11.8 Å². The summed E-state index contributed by atoms with van der Waals surface area (Å²) in [5.41, 5.74) is 6.94. The number of fused-ring (bicyclic) bond motifs is 3. The number of carboxylic acid groups (broad SMARTS) is 2. The van der Waals surface area contributed by atoms with Crippen molar-refractivity contribution >= 4 is 33.7 Å². The van der Waals surface area contributed by atoms with Gasteiger partial charge in [0.1, 0.15) is 12.1 Å². The standard InChI is InChI=1S/C38H42N4O4/c1-23(2)19-33(37(43)44)39-21-27-9-5-7-11-29(27)31-17-15-25-13-14-26-16-18-32(42-36(26)35(25)41-31)30-12-8-6-10-28(30)22-40-34(38(45)46)20-24(3)4/h5-18,23-24,33-34,39-40H,19-22H2,1-4H3,(H,43,44)(H,45,46)/t33-,34-/m0/s1. The Morgan fingerprint density at radius 2 is 0.957 bits per heavy atom. The van der Waals surface area contributed by atoms with Gasteiger partial charge in [0.25, 0.3) is 0 Å². The van der Waals surface area contributed by atoms with E-state index in [1.807, 2.05) is 113 Å². The fourth-order valence-electron chi connectivity index (χ4n) is 5.87. The van der Waals surface area contributed by atoms with Gasteiger partial charge in [-0.1, -0.05) is 100 Å². The predicted molar refractivity (Wildman–Crippen MR) is 183 cm³/mol. The Morgan fingerprint density at radius 1 is 0.587 bits per heavy atom. The first-order chi connectivity index (χ1) is 22.1. The molecule has 2 atom stereocenters. The Hall–Kier alpha value is -4.66. The zero-order valence-corrected chi connectivity index (χ0v) is 26.8. The molecule has 8 nitrogen and oxygen atoms in total. The van der Waals surface area contributed by atoms with Gasteiger partial charge in [0.15, 0.2) is 0 Å². The van der Waals surface area contributed by atoms with Crippen molar-refractivity contribution in [2.75, 3.05) is 0 Å². The van der Waals surface area contributed by atoms with Crippen LogP contribution < -0.4 is 10.6 Å². The minimum Gasteiger partial charge on any atom is -0.480 e. The number of carboxylic acids is 2. The van der Waals surface area contributed by atoms with Crippen molar-refractivity contribution in [3.63, 3.8) is 0 Å². The number of nitrogens with one attached hydrogen (secondary N) is 2. The topological polar surface area (TPSA) is 124 Å². The zero-order valence-electron chi connectivity index (χ0n) is 26.8. The van der Waals surface area contributed by atoms with Crippen LogP contribution >= 0.6 is 0 Å². The Bertz CT molecular complexity index is 1720. The molecule has 2 heterocycles. The highest BCUT2D eigenvalue weighted by Crippen LogP contribution is 2.31. The lowest BCUT2D eigenvalue weighted by Crippen LogP contribution is -2.37. The molecular formula is C38H42N4O4. The Balaban J connectivity index is 1.50. The molecule has 5 rings (SSSR count). The van der Waals surface area contributed by atoms with Gasteiger partial charge in [-0.15, -0.1) is 0 Å². The number of rotatable bonds is 14. The zero-order chi connectivity index (χ0) is 32.8. The van der Waals surface area contributed by atoms with E-state index in [1.165, 1.54) is 0 Å². The summed E-state index contributed by atoms with van der Waals surface area (Å²) >= 11 is 0. The van der Waals surface area contributed by atoms with E-state index >= 15 is 0 Å². The third-order valence-electron chi connectivity index (χ3n) is 8.19. The summed E-state index contributed by atoms with van der Waals surface area (Å²) in [7, 11) is 0. The van der Waals surface area contributed by atoms with Crippen molar-refractivity contribution in [3.8, 4) is 22.5 Å². The molecule has 0 aliphatic rings. The molecule has 8 heteroatoms. The highest BCUT2D eigenvalue weighted by Gasteiger charge is 2.20. The van der Waals surface area contributed by atoms with E-state index in [0.717, 1.165) is 55.4 Å². The molecule has 4 N–H and O–H groups in total. The fraction of sp³-hybridized carbons (Fsp3) is 0.316. The van der Waals surface area contributed by atoms with Crippen molar-refractivity contribution in [1.82, 2.24) is 20.6 Å². The Morgan fingerprint density at radius 3 is 1.33 bits per heavy atom. The van der Waals surface area contributed by atoms with Gasteiger partial charge in [0.2, 0.25) is 0 Å². The molecule has 46 heavy (non-hydrogen) atoms. The quantitative estimate of drug-likeness (QED) is 0.0957. The molecule has 0 amide bonds. The summed E-state index contributed by atoms with van der Waals surface area (Å²) in [4.78, 5) is 34.0. The van der Waals surface area contributed by atoms with Crippen LogP contribution in [0.1, 0.15) is 51.7 Å². The molecule has 0 radical (unpaired) electrons. The number of aliphatic carboxylic acids is 2. The highest BCUT2D eigenvalue weighted by molar-refractivity contribution is 6.04. The van der Waals surface area contributed by atoms with Crippen LogP contribution in [0.3, 0.4) is 0 Å². The van der Waals surface area contributed by atoms with Crippen LogP contribution in [0.15, 0.2) is 84.9 Å². The Labute approximate surface area is 269 Å². The number of carbonyl (C=O) groups is 2. The van der Waals surface area contributed by atoms with E-state index in [0.29, 0.717) is 25.9 Å². The maximum atomic E-state index is 11.9. The summed E-state index contributed by atoms with van der Waals surface area (Å²) < 4.78 is 0. The van der Waals surface area contributed by atoms with Crippen LogP contribution in [0.4, 0.5) is 0 Å². The van der Waals surface area contributed by atoms with E-state index in [9.17, 15) is 19.8 Å². The number of pyridine rings is 2. The molecule has 2 aromatic heterocycles. The fourth-order valence-corrected chi connectivity index (χ4v) is 5.87. The van der Waals surface area contributed by atoms with Gasteiger partial charge in [0.05, 0.1) is 22.4 Å². The van der Waals surface area contributed by atoms with E-state index in [4.69, 9.17) is 9.97 Å². The normalized spacial score (nSPS) is 13.0. The molecule has 0 unspecified atom stereocenters. The number of hydrogen-bond donors (Lipinski definition) is 4. The summed E-state index contributed by atoms with van der Waals surface area (Å²) in [5, 5.41) is 27.8. The van der Waals surface area contributed by atoms with Gasteiger partial charge in [-0.3, -0.25) is 9.59 Å². The number of benzene rings is 3. The van der Waals surface area contributed by atoms with Crippen molar-refractivity contribution in [2.24, 2.45) is 11.8 Å². The third-order valence-corrected chi connectivity index (χ3v) is 8.19. The smallest absolute Gasteiger partial charge is 0.320 e. The maximum Gasteiger partial charge on any atom is 0.320 e. The summed E-state index contributed by atoms with van der Waals surface area (Å²) in [6.07, 6.45) is 1.09. The molecule has 0 bridgehead atoms. The molecule has 3 aromatic carbocycles. The van der Waals surface area contributed by atoms with Crippen molar-refractivity contribution in [2.45, 2.75) is 65.7 Å². The first-order valence-corrected chi connectivity index (χ1v) is 15.9. The maximum absolute atomic E-state index is 11.9. The predicted octanol–water partition coefficient (Wildman–Crippen LogP) is 7.29. The van der Waals surface area contributed by atoms with Crippen LogP contribution in [-0.4, -0.2) is 44.2 Å². The summed E-state index contributed by atoms with van der Waals surface area (Å²) in [5.74, 6) is -1.19. The molecule has 0 aliphatic heterocycles. The van der Waals surface area contributed by atoms with Gasteiger partial charge < -0.3 is 20.8 Å². The minimum atomic E-state index is -0.849. The minimum absolute atomic E-state index is 0.256. The second-order valence-electron chi connectivity index (χ2n) is 12.7. The second kappa shape index (κ2) is 14.6. The van der Waals surface area contributed by atoms with E-state index < -0.39 is 24.0 Å². The lowest BCUT2D eigenvalue weighted by molar-refractivity contribution is -0.140. The molecule has 0 saturated carbocycles. The molecule has 0 spiro atoms. The second-order valence-corrected chi connectivity index (χ2v) is 12.7. The first kappa shape index (κ1) is 32.7. The van der Waals surface area contributed by atoms with Gasteiger partial charge >= 0.3 is 11.9 Å². The lowest BCUT2D eigenvalue weighted by atomic mass is 10.00. The highest BCUT2D eigenvalue weighted by atomic mass is 16.4. The van der Waals surface area contributed by atoms with E-state index in [1.54, 1.807) is 0 Å². The molecular weight excluding hydrogens is 576 g/mol. The van der Waals surface area contributed by atoms with E-state index in [2.05, 4.69) is 10.6 Å². The van der Waals surface area contributed by atoms with Crippen LogP contribution in [-0.2, 0) is 22.7 Å². The average molecular weight is 619 g/mol. The average Bonchev–Trinajstić information content (AvgIpc) is 3.04. The monoisotopic (exact) mass is 618 g/mol. The van der Waals surface area contributed by atoms with Crippen molar-refractivity contribution in [3.05, 3.63) is 96.1 Å². The summed E-state index contributed by atoms with van der Waals surface area (Å²) in [6, 6.07) is 26.8. The lowest BCUT2D eigenvalue weighted by Gasteiger charge is -2.18. The number of hydrogen-bond acceptors (Lipinski definition) is 6. The summed E-state index contributed by atoms with van der Waals surface area (Å²) in [6.45, 7) is 8.89. The van der Waals surface area contributed by atoms with Crippen molar-refractivity contribution in [1.29, 1.82) is 0 Å². The van der Waals surface area contributed by atoms with Gasteiger partial charge in [0, 0.05) is 35.0 Å². The van der Waals surface area contributed by atoms with Crippen LogP contribution in [0.25, 0.3) is 44.3 Å². The molecule has 0 saturated heterocycles. The molecule has 0 aliphatic carbocycles.